The summed E-state index contributed by atoms with van der Waals surface area (Å²) in [4.78, 5) is 33.1. The van der Waals surface area contributed by atoms with Gasteiger partial charge < -0.3 is 10.2 Å². The Morgan fingerprint density at radius 1 is 1.00 bits per heavy atom. The van der Waals surface area contributed by atoms with E-state index in [0.717, 1.165) is 59.4 Å². The highest BCUT2D eigenvalue weighted by Crippen LogP contribution is 2.35. The highest BCUT2D eigenvalue weighted by atomic mass is 32.2. The van der Waals surface area contributed by atoms with Crippen molar-refractivity contribution in [3.8, 4) is 11.5 Å². The van der Waals surface area contributed by atoms with Crippen LogP contribution in [0.3, 0.4) is 0 Å². The second-order valence-corrected chi connectivity index (χ2v) is 7.41. The number of nitro benzene ring substituents is 2. The molecule has 0 aliphatic carbocycles. The van der Waals surface area contributed by atoms with Crippen LogP contribution in [0.15, 0.2) is 46.4 Å². The predicted octanol–water partition coefficient (Wildman–Crippen LogP) is 3.15. The van der Waals surface area contributed by atoms with Crippen molar-refractivity contribution >= 4 is 57.9 Å². The Labute approximate surface area is 177 Å². The molecule has 0 radical (unpaired) electrons. The van der Waals surface area contributed by atoms with Crippen LogP contribution in [0.5, 0.6) is 11.5 Å². The number of aromatic hydroxyl groups is 2. The first-order valence-electron chi connectivity index (χ1n) is 7.94. The summed E-state index contributed by atoms with van der Waals surface area (Å²) in [5.41, 5.74) is -0.502. The SMILES string of the molecule is O=C1/C(=C/c2cc([N+](=O)[O-])ccc2O)SC(=S)N1N=Cc1cc([N+](=O)[O-])ccc1O. The van der Waals surface area contributed by atoms with Gasteiger partial charge in [-0.2, -0.15) is 10.1 Å². The number of thioether (sulfide) groups is 1. The van der Waals surface area contributed by atoms with Gasteiger partial charge in [0.25, 0.3) is 17.3 Å². The van der Waals surface area contributed by atoms with Crippen molar-refractivity contribution in [1.29, 1.82) is 0 Å². The minimum atomic E-state index is -0.669. The lowest BCUT2D eigenvalue weighted by Gasteiger charge is -2.06. The van der Waals surface area contributed by atoms with Gasteiger partial charge in [0.15, 0.2) is 4.32 Å². The van der Waals surface area contributed by atoms with Crippen LogP contribution < -0.4 is 0 Å². The van der Waals surface area contributed by atoms with Crippen LogP contribution in [0.1, 0.15) is 11.1 Å². The first-order chi connectivity index (χ1) is 14.2. The minimum Gasteiger partial charge on any atom is -0.507 e. The monoisotopic (exact) mass is 446 g/mol. The van der Waals surface area contributed by atoms with E-state index >= 15 is 0 Å². The molecule has 2 aromatic carbocycles. The van der Waals surface area contributed by atoms with Crippen molar-refractivity contribution in [2.45, 2.75) is 0 Å². The maximum Gasteiger partial charge on any atom is 0.286 e. The Balaban J connectivity index is 1.89. The zero-order chi connectivity index (χ0) is 22.0. The second kappa shape index (κ2) is 8.26. The molecule has 11 nitrogen and oxygen atoms in total. The fourth-order valence-electron chi connectivity index (χ4n) is 2.35. The summed E-state index contributed by atoms with van der Waals surface area (Å²) in [6, 6.07) is 6.66. The summed E-state index contributed by atoms with van der Waals surface area (Å²) in [6.07, 6.45) is 2.28. The van der Waals surface area contributed by atoms with Crippen molar-refractivity contribution in [2.24, 2.45) is 5.10 Å². The maximum absolute atomic E-state index is 12.6. The Kier molecular flexibility index (Phi) is 5.75. The van der Waals surface area contributed by atoms with Gasteiger partial charge in [-0.25, -0.2) is 0 Å². The standard InChI is InChI=1S/C17H10N4O7S2/c22-13-3-1-11(20(25)26)5-9(13)7-15-16(24)19(17(29)30-15)18-8-10-6-12(21(27)28)2-4-14(10)23/h1-8,22-23H/b15-7-,18-8?. The number of phenolic OH excluding ortho intramolecular Hbond substituents is 2. The predicted molar refractivity (Wildman–Crippen MR) is 112 cm³/mol. The fraction of sp³-hybridized carbons (Fsp3) is 0. The lowest BCUT2D eigenvalue weighted by Crippen LogP contribution is -2.22. The second-order valence-electron chi connectivity index (χ2n) is 5.74. The summed E-state index contributed by atoms with van der Waals surface area (Å²) in [5.74, 6) is -1.22. The van der Waals surface area contributed by atoms with Crippen LogP contribution in [0, 0.1) is 20.2 Å². The van der Waals surface area contributed by atoms with Crippen LogP contribution in [0.25, 0.3) is 6.08 Å². The number of nitrogens with zero attached hydrogens (tertiary/aromatic N) is 4. The zero-order valence-corrected chi connectivity index (χ0v) is 16.3. The topological polar surface area (TPSA) is 159 Å². The molecule has 0 unspecified atom stereocenters. The van der Waals surface area contributed by atoms with Gasteiger partial charge in [0, 0.05) is 35.4 Å². The molecular formula is C17H10N4O7S2. The Hall–Kier alpha value is -3.84. The number of carbonyl (C=O) groups is 1. The number of non-ortho nitro benzene ring substituents is 2. The van der Waals surface area contributed by atoms with Gasteiger partial charge in [-0.3, -0.25) is 25.0 Å². The quantitative estimate of drug-likeness (QED) is 0.231. The van der Waals surface area contributed by atoms with Crippen LogP contribution in [-0.2, 0) is 4.79 Å². The van der Waals surface area contributed by atoms with Gasteiger partial charge in [-0.1, -0.05) is 11.8 Å². The Bertz CT molecular complexity index is 1160. The third kappa shape index (κ3) is 4.26. The molecule has 3 rings (SSSR count). The smallest absolute Gasteiger partial charge is 0.286 e. The number of carbonyl (C=O) groups excluding carboxylic acids is 1. The fourth-order valence-corrected chi connectivity index (χ4v) is 3.51. The summed E-state index contributed by atoms with van der Waals surface area (Å²) in [6.45, 7) is 0. The molecule has 0 saturated carbocycles. The molecule has 2 N–H and O–H groups in total. The van der Waals surface area contributed by atoms with Crippen LogP contribution in [0.2, 0.25) is 0 Å². The van der Waals surface area contributed by atoms with Gasteiger partial charge in [0.1, 0.15) is 11.5 Å². The third-order valence-corrected chi connectivity index (χ3v) is 5.10. The number of nitro groups is 2. The average Bonchev–Trinajstić information content (AvgIpc) is 2.95. The van der Waals surface area contributed by atoms with Gasteiger partial charge in [0.2, 0.25) is 0 Å². The van der Waals surface area contributed by atoms with Crippen molar-refractivity contribution in [2.75, 3.05) is 0 Å². The van der Waals surface area contributed by atoms with Crippen molar-refractivity contribution in [3.63, 3.8) is 0 Å². The molecule has 30 heavy (non-hydrogen) atoms. The Morgan fingerprint density at radius 2 is 1.53 bits per heavy atom. The molecule has 1 fully saturated rings. The number of rotatable bonds is 5. The zero-order valence-electron chi connectivity index (χ0n) is 14.7. The van der Waals surface area contributed by atoms with E-state index in [9.17, 15) is 35.2 Å². The molecule has 1 aliphatic heterocycles. The lowest BCUT2D eigenvalue weighted by atomic mass is 10.1. The van der Waals surface area contributed by atoms with Gasteiger partial charge in [0.05, 0.1) is 21.0 Å². The van der Waals surface area contributed by atoms with Crippen LogP contribution >= 0.6 is 24.0 Å². The molecule has 1 aliphatic rings. The van der Waals surface area contributed by atoms with E-state index in [1.807, 2.05) is 0 Å². The third-order valence-electron chi connectivity index (χ3n) is 3.82. The number of phenols is 2. The van der Waals surface area contributed by atoms with E-state index < -0.39 is 15.8 Å². The van der Waals surface area contributed by atoms with Gasteiger partial charge in [-0.15, -0.1) is 0 Å². The maximum atomic E-state index is 12.6. The first kappa shape index (κ1) is 20.9. The summed E-state index contributed by atoms with van der Waals surface area (Å²) in [7, 11) is 0. The van der Waals surface area contributed by atoms with E-state index in [0.29, 0.717) is 0 Å². The van der Waals surface area contributed by atoms with Crippen molar-refractivity contribution in [1.82, 2.24) is 5.01 Å². The largest absolute Gasteiger partial charge is 0.507 e. The van der Waals surface area contributed by atoms with E-state index in [-0.39, 0.29) is 43.2 Å². The molecule has 0 aromatic heterocycles. The molecule has 0 atom stereocenters. The first-order valence-corrected chi connectivity index (χ1v) is 9.16. The molecule has 0 spiro atoms. The molecular weight excluding hydrogens is 436 g/mol. The molecule has 0 bridgehead atoms. The molecule has 152 valence electrons. The lowest BCUT2D eigenvalue weighted by molar-refractivity contribution is -0.385. The number of benzene rings is 2. The number of amides is 1. The molecule has 1 heterocycles. The van der Waals surface area contributed by atoms with E-state index in [1.54, 1.807) is 0 Å². The summed E-state index contributed by atoms with van der Waals surface area (Å²) in [5, 5.41) is 46.2. The number of hydrazone groups is 1. The van der Waals surface area contributed by atoms with Crippen molar-refractivity contribution < 1.29 is 24.9 Å². The number of hydrogen-bond acceptors (Lipinski definition) is 10. The molecule has 13 heteroatoms. The number of thiocarbonyl (C=S) groups is 1. The van der Waals surface area contributed by atoms with Gasteiger partial charge >= 0.3 is 0 Å². The average molecular weight is 446 g/mol. The van der Waals surface area contributed by atoms with Crippen LogP contribution in [-0.4, -0.2) is 41.5 Å². The summed E-state index contributed by atoms with van der Waals surface area (Å²) < 4.78 is 0.0253. The number of hydrogen-bond donors (Lipinski definition) is 2. The van der Waals surface area contributed by atoms with E-state index in [2.05, 4.69) is 5.10 Å². The normalized spacial score (nSPS) is 15.3. The highest BCUT2D eigenvalue weighted by molar-refractivity contribution is 8.26. The highest BCUT2D eigenvalue weighted by Gasteiger charge is 2.32. The Morgan fingerprint density at radius 3 is 2.10 bits per heavy atom. The molecule has 1 saturated heterocycles. The molecule has 2 aromatic rings. The van der Waals surface area contributed by atoms with Crippen molar-refractivity contribution in [3.05, 3.63) is 72.7 Å². The van der Waals surface area contributed by atoms with Crippen LogP contribution in [0.4, 0.5) is 11.4 Å². The van der Waals surface area contributed by atoms with Gasteiger partial charge in [-0.05, 0) is 30.4 Å². The summed E-state index contributed by atoms with van der Waals surface area (Å²) >= 11 is 5.95. The van der Waals surface area contributed by atoms with E-state index in [4.69, 9.17) is 12.2 Å². The van der Waals surface area contributed by atoms with E-state index in [1.165, 1.54) is 6.08 Å². The molecule has 1 amide bonds. The minimum absolute atomic E-state index is 0.00133.